The number of rotatable bonds is 5. The van der Waals surface area contributed by atoms with Crippen LogP contribution in [0.4, 0.5) is 11.4 Å². The fraction of sp³-hybridized carbons (Fsp3) is 0.133. The highest BCUT2D eigenvalue weighted by molar-refractivity contribution is 7.90. The summed E-state index contributed by atoms with van der Waals surface area (Å²) in [6.07, 6.45) is 0.992. The van der Waals surface area contributed by atoms with Crippen LogP contribution >= 0.6 is 0 Å². The summed E-state index contributed by atoms with van der Waals surface area (Å²) < 4.78 is 23.1. The van der Waals surface area contributed by atoms with Crippen LogP contribution in [0.3, 0.4) is 0 Å². The van der Waals surface area contributed by atoms with E-state index in [-0.39, 0.29) is 28.5 Å². The van der Waals surface area contributed by atoms with E-state index in [4.69, 9.17) is 0 Å². The SMILES string of the molecule is CS(=O)(=O)c1ccc(NCc2ccc3[nH]c(=O)[nH]c3c2)c([N+](=O)[O-])c1. The number of sulfone groups is 1. The number of nitrogens with one attached hydrogen (secondary N) is 3. The summed E-state index contributed by atoms with van der Waals surface area (Å²) in [5.41, 5.74) is 1.67. The maximum absolute atomic E-state index is 11.5. The minimum absolute atomic E-state index is 0.115. The van der Waals surface area contributed by atoms with Crippen molar-refractivity contribution in [2.75, 3.05) is 11.6 Å². The smallest absolute Gasteiger partial charge is 0.323 e. The second kappa shape index (κ2) is 6.06. The Kier molecular flexibility index (Phi) is 4.05. The molecule has 25 heavy (non-hydrogen) atoms. The molecule has 3 N–H and O–H groups in total. The number of aromatic nitrogens is 2. The lowest BCUT2D eigenvalue weighted by Crippen LogP contribution is -2.05. The van der Waals surface area contributed by atoms with Gasteiger partial charge in [0, 0.05) is 18.9 Å². The molecule has 0 atom stereocenters. The van der Waals surface area contributed by atoms with Crippen LogP contribution in [0.2, 0.25) is 0 Å². The standard InChI is InChI=1S/C15H14N4O5S/c1-25(23,24)10-3-5-12(14(7-10)19(21)22)16-8-9-2-4-11-13(6-9)18-15(20)17-11/h2-7,16H,8H2,1H3,(H2,17,18,20). The van der Waals surface area contributed by atoms with Gasteiger partial charge in [0.25, 0.3) is 5.69 Å². The van der Waals surface area contributed by atoms with Crippen molar-refractivity contribution in [1.82, 2.24) is 9.97 Å². The van der Waals surface area contributed by atoms with Crippen molar-refractivity contribution >= 4 is 32.2 Å². The van der Waals surface area contributed by atoms with Crippen molar-refractivity contribution in [2.45, 2.75) is 11.4 Å². The molecule has 0 aliphatic rings. The van der Waals surface area contributed by atoms with Crippen LogP contribution in [0.1, 0.15) is 5.56 Å². The lowest BCUT2D eigenvalue weighted by Gasteiger charge is -2.08. The Morgan fingerprint density at radius 1 is 1.12 bits per heavy atom. The van der Waals surface area contributed by atoms with E-state index in [1.807, 2.05) is 0 Å². The van der Waals surface area contributed by atoms with Crippen molar-refractivity contribution in [1.29, 1.82) is 0 Å². The van der Waals surface area contributed by atoms with Gasteiger partial charge in [0.1, 0.15) is 5.69 Å². The van der Waals surface area contributed by atoms with Gasteiger partial charge in [-0.1, -0.05) is 6.07 Å². The molecule has 0 bridgehead atoms. The molecule has 1 heterocycles. The number of H-pyrrole nitrogens is 2. The van der Waals surface area contributed by atoms with Gasteiger partial charge in [0.2, 0.25) is 0 Å². The second-order valence-corrected chi connectivity index (χ2v) is 7.54. The Morgan fingerprint density at radius 3 is 2.52 bits per heavy atom. The first kappa shape index (κ1) is 16.7. The summed E-state index contributed by atoms with van der Waals surface area (Å²) in [7, 11) is -3.53. The van der Waals surface area contributed by atoms with Crippen LogP contribution in [0, 0.1) is 10.1 Å². The zero-order valence-corrected chi connectivity index (χ0v) is 13.9. The molecular formula is C15H14N4O5S. The number of nitro groups is 1. The normalized spacial score (nSPS) is 11.6. The van der Waals surface area contributed by atoms with Gasteiger partial charge >= 0.3 is 5.69 Å². The van der Waals surface area contributed by atoms with Gasteiger partial charge in [-0.25, -0.2) is 13.2 Å². The Bertz CT molecular complexity index is 1130. The third kappa shape index (κ3) is 3.53. The third-order valence-electron chi connectivity index (χ3n) is 3.66. The number of nitrogens with zero attached hydrogens (tertiary/aromatic N) is 1. The zero-order chi connectivity index (χ0) is 18.2. The molecule has 0 spiro atoms. The molecule has 9 nitrogen and oxygen atoms in total. The lowest BCUT2D eigenvalue weighted by molar-refractivity contribution is -0.384. The maximum atomic E-state index is 11.5. The topological polar surface area (TPSA) is 138 Å². The minimum atomic E-state index is -3.53. The summed E-state index contributed by atoms with van der Waals surface area (Å²) in [6, 6.07) is 8.96. The van der Waals surface area contributed by atoms with Crippen molar-refractivity contribution in [3.05, 3.63) is 62.6 Å². The molecule has 0 saturated heterocycles. The fourth-order valence-corrected chi connectivity index (χ4v) is 3.07. The Balaban J connectivity index is 1.88. The number of anilines is 1. The molecule has 0 saturated carbocycles. The molecule has 0 radical (unpaired) electrons. The van der Waals surface area contributed by atoms with E-state index in [0.717, 1.165) is 17.9 Å². The minimum Gasteiger partial charge on any atom is -0.375 e. The summed E-state index contributed by atoms with van der Waals surface area (Å²) in [5, 5.41) is 14.1. The monoisotopic (exact) mass is 362 g/mol. The van der Waals surface area contributed by atoms with Gasteiger partial charge in [-0.15, -0.1) is 0 Å². The summed E-state index contributed by atoms with van der Waals surface area (Å²) in [5.74, 6) is 0. The van der Waals surface area contributed by atoms with E-state index >= 15 is 0 Å². The first-order chi connectivity index (χ1) is 11.7. The summed E-state index contributed by atoms with van der Waals surface area (Å²) >= 11 is 0. The van der Waals surface area contributed by atoms with Crippen LogP contribution < -0.4 is 11.0 Å². The van der Waals surface area contributed by atoms with Crippen LogP contribution in [0.25, 0.3) is 11.0 Å². The number of nitro benzene ring substituents is 1. The molecule has 10 heteroatoms. The Hall–Kier alpha value is -3.14. The molecule has 3 aromatic rings. The molecule has 3 rings (SSSR count). The van der Waals surface area contributed by atoms with Crippen molar-refractivity contribution in [2.24, 2.45) is 0 Å². The fourth-order valence-electron chi connectivity index (χ4n) is 2.43. The van der Waals surface area contributed by atoms with Crippen molar-refractivity contribution < 1.29 is 13.3 Å². The van der Waals surface area contributed by atoms with E-state index in [2.05, 4.69) is 15.3 Å². The van der Waals surface area contributed by atoms with Crippen LogP contribution in [0.5, 0.6) is 0 Å². The predicted molar refractivity (Wildman–Crippen MR) is 92.5 cm³/mol. The molecule has 130 valence electrons. The average Bonchev–Trinajstić information content (AvgIpc) is 2.91. The average molecular weight is 362 g/mol. The van der Waals surface area contributed by atoms with Crippen LogP contribution in [-0.4, -0.2) is 29.6 Å². The van der Waals surface area contributed by atoms with Crippen LogP contribution in [-0.2, 0) is 16.4 Å². The molecule has 0 amide bonds. The van der Waals surface area contributed by atoms with Gasteiger partial charge < -0.3 is 15.3 Å². The number of benzene rings is 2. The zero-order valence-electron chi connectivity index (χ0n) is 13.1. The summed E-state index contributed by atoms with van der Waals surface area (Å²) in [4.78, 5) is 27.0. The Labute approximate surface area is 141 Å². The Morgan fingerprint density at radius 2 is 1.84 bits per heavy atom. The number of hydrogen-bond acceptors (Lipinski definition) is 6. The van der Waals surface area contributed by atoms with Gasteiger partial charge in [-0.2, -0.15) is 0 Å². The van der Waals surface area contributed by atoms with Gasteiger partial charge in [0.05, 0.1) is 20.9 Å². The molecule has 0 aliphatic heterocycles. The predicted octanol–water partition coefficient (Wildman–Crippen LogP) is 1.78. The van der Waals surface area contributed by atoms with Gasteiger partial charge in [0.15, 0.2) is 9.84 Å². The molecule has 2 aromatic carbocycles. The number of fused-ring (bicyclic) bond motifs is 1. The number of imidazole rings is 1. The first-order valence-electron chi connectivity index (χ1n) is 7.17. The van der Waals surface area contributed by atoms with Gasteiger partial charge in [-0.3, -0.25) is 10.1 Å². The van der Waals surface area contributed by atoms with Crippen LogP contribution in [0.15, 0.2) is 46.1 Å². The highest BCUT2D eigenvalue weighted by Crippen LogP contribution is 2.28. The van der Waals surface area contributed by atoms with E-state index in [1.165, 1.54) is 12.1 Å². The molecule has 0 aliphatic carbocycles. The van der Waals surface area contributed by atoms with E-state index in [1.54, 1.807) is 18.2 Å². The summed E-state index contributed by atoms with van der Waals surface area (Å²) in [6.45, 7) is 0.266. The highest BCUT2D eigenvalue weighted by atomic mass is 32.2. The lowest BCUT2D eigenvalue weighted by atomic mass is 10.2. The quantitative estimate of drug-likeness (QED) is 0.467. The van der Waals surface area contributed by atoms with E-state index in [0.29, 0.717) is 11.0 Å². The molecular weight excluding hydrogens is 348 g/mol. The third-order valence-corrected chi connectivity index (χ3v) is 4.77. The first-order valence-corrected chi connectivity index (χ1v) is 9.06. The number of aromatic amines is 2. The van der Waals surface area contributed by atoms with E-state index in [9.17, 15) is 23.3 Å². The molecule has 0 unspecified atom stereocenters. The second-order valence-electron chi connectivity index (χ2n) is 5.52. The number of hydrogen-bond donors (Lipinski definition) is 3. The maximum Gasteiger partial charge on any atom is 0.323 e. The molecule has 1 aromatic heterocycles. The van der Waals surface area contributed by atoms with Crippen molar-refractivity contribution in [3.63, 3.8) is 0 Å². The van der Waals surface area contributed by atoms with E-state index < -0.39 is 14.8 Å². The van der Waals surface area contributed by atoms with Gasteiger partial charge in [-0.05, 0) is 29.8 Å². The highest BCUT2D eigenvalue weighted by Gasteiger charge is 2.18. The largest absolute Gasteiger partial charge is 0.375 e. The molecule has 0 fully saturated rings. The van der Waals surface area contributed by atoms with Crippen molar-refractivity contribution in [3.8, 4) is 0 Å².